The molecular formula is C10H16N2O2. The lowest BCUT2D eigenvalue weighted by Crippen LogP contribution is -2.35. The monoisotopic (exact) mass is 196 g/mol. The van der Waals surface area contributed by atoms with Crippen LogP contribution < -0.4 is 11.3 Å². The summed E-state index contributed by atoms with van der Waals surface area (Å²) in [5.74, 6) is 6.82. The summed E-state index contributed by atoms with van der Waals surface area (Å²) in [6.45, 7) is 2.88. The summed E-state index contributed by atoms with van der Waals surface area (Å²) in [4.78, 5) is 0. The van der Waals surface area contributed by atoms with Crippen LogP contribution in [0.25, 0.3) is 0 Å². The van der Waals surface area contributed by atoms with E-state index in [4.69, 9.17) is 15.0 Å². The molecule has 0 saturated carbocycles. The standard InChI is InChI=1S/C10H16N2O2/c1-7-8(4-6-13-7)10(12-11)9-3-2-5-14-9/h2-3,5,7-8,10,12H,4,6,11H2,1H3. The molecule has 1 aromatic heterocycles. The number of nitrogens with one attached hydrogen (secondary N) is 1. The second-order valence-corrected chi connectivity index (χ2v) is 3.69. The van der Waals surface area contributed by atoms with E-state index in [1.165, 1.54) is 0 Å². The van der Waals surface area contributed by atoms with Gasteiger partial charge in [-0.05, 0) is 25.5 Å². The van der Waals surface area contributed by atoms with Gasteiger partial charge in [0.2, 0.25) is 0 Å². The highest BCUT2D eigenvalue weighted by molar-refractivity contribution is 5.07. The van der Waals surface area contributed by atoms with Crippen LogP contribution in [0.4, 0.5) is 0 Å². The quantitative estimate of drug-likeness (QED) is 0.563. The average molecular weight is 196 g/mol. The number of rotatable bonds is 3. The van der Waals surface area contributed by atoms with Crippen LogP contribution in [0.1, 0.15) is 25.1 Å². The minimum Gasteiger partial charge on any atom is -0.468 e. The summed E-state index contributed by atoms with van der Waals surface area (Å²) < 4.78 is 10.9. The van der Waals surface area contributed by atoms with Gasteiger partial charge in [-0.25, -0.2) is 5.43 Å². The molecule has 2 heterocycles. The Morgan fingerprint density at radius 3 is 3.00 bits per heavy atom. The van der Waals surface area contributed by atoms with Gasteiger partial charge in [-0.3, -0.25) is 5.84 Å². The first kappa shape index (κ1) is 9.71. The van der Waals surface area contributed by atoms with E-state index in [-0.39, 0.29) is 12.1 Å². The molecule has 4 heteroatoms. The van der Waals surface area contributed by atoms with Gasteiger partial charge in [0, 0.05) is 12.5 Å². The number of nitrogens with two attached hydrogens (primary N) is 1. The van der Waals surface area contributed by atoms with E-state index >= 15 is 0 Å². The predicted molar refractivity (Wildman–Crippen MR) is 52.3 cm³/mol. The fourth-order valence-corrected chi connectivity index (χ4v) is 2.07. The largest absolute Gasteiger partial charge is 0.468 e. The Kier molecular flexibility index (Phi) is 2.86. The highest BCUT2D eigenvalue weighted by Crippen LogP contribution is 2.32. The Bertz CT molecular complexity index is 274. The summed E-state index contributed by atoms with van der Waals surface area (Å²) in [7, 11) is 0. The molecule has 1 fully saturated rings. The van der Waals surface area contributed by atoms with Crippen molar-refractivity contribution in [1.82, 2.24) is 5.43 Å². The van der Waals surface area contributed by atoms with Crippen molar-refractivity contribution in [2.24, 2.45) is 11.8 Å². The van der Waals surface area contributed by atoms with E-state index in [1.807, 2.05) is 12.1 Å². The van der Waals surface area contributed by atoms with Crippen molar-refractivity contribution in [2.75, 3.05) is 6.61 Å². The third kappa shape index (κ3) is 1.68. The highest BCUT2D eigenvalue weighted by Gasteiger charge is 2.33. The lowest BCUT2D eigenvalue weighted by molar-refractivity contribution is 0.0925. The Hall–Kier alpha value is -0.840. The summed E-state index contributed by atoms with van der Waals surface area (Å²) in [5, 5.41) is 0. The number of hydrazine groups is 1. The molecular weight excluding hydrogens is 180 g/mol. The minimum absolute atomic E-state index is 0.0579. The molecule has 0 bridgehead atoms. The molecule has 0 aromatic carbocycles. The van der Waals surface area contributed by atoms with Crippen molar-refractivity contribution in [3.63, 3.8) is 0 Å². The van der Waals surface area contributed by atoms with E-state index in [9.17, 15) is 0 Å². The Morgan fingerprint density at radius 1 is 1.64 bits per heavy atom. The van der Waals surface area contributed by atoms with Gasteiger partial charge in [-0.2, -0.15) is 0 Å². The number of hydrogen-bond acceptors (Lipinski definition) is 4. The van der Waals surface area contributed by atoms with E-state index in [0.717, 1.165) is 18.8 Å². The summed E-state index contributed by atoms with van der Waals surface area (Å²) in [6.07, 6.45) is 2.93. The third-order valence-corrected chi connectivity index (χ3v) is 2.89. The fourth-order valence-electron chi connectivity index (χ4n) is 2.07. The molecule has 2 rings (SSSR count). The molecule has 0 aliphatic carbocycles. The number of furan rings is 1. The highest BCUT2D eigenvalue weighted by atomic mass is 16.5. The zero-order chi connectivity index (χ0) is 9.97. The molecule has 0 amide bonds. The van der Waals surface area contributed by atoms with E-state index in [2.05, 4.69) is 12.3 Å². The van der Waals surface area contributed by atoms with Gasteiger partial charge in [-0.1, -0.05) is 0 Å². The maximum Gasteiger partial charge on any atom is 0.122 e. The minimum atomic E-state index is 0.0579. The Morgan fingerprint density at radius 2 is 2.50 bits per heavy atom. The zero-order valence-electron chi connectivity index (χ0n) is 8.27. The van der Waals surface area contributed by atoms with Gasteiger partial charge in [0.05, 0.1) is 18.4 Å². The maximum atomic E-state index is 5.54. The van der Waals surface area contributed by atoms with Crippen LogP contribution in [-0.4, -0.2) is 12.7 Å². The zero-order valence-corrected chi connectivity index (χ0v) is 8.27. The van der Waals surface area contributed by atoms with Gasteiger partial charge in [0.15, 0.2) is 0 Å². The normalized spacial score (nSPS) is 29.3. The number of hydrogen-bond donors (Lipinski definition) is 2. The van der Waals surface area contributed by atoms with Gasteiger partial charge in [0.1, 0.15) is 5.76 Å². The molecule has 0 spiro atoms. The van der Waals surface area contributed by atoms with Crippen molar-refractivity contribution in [3.05, 3.63) is 24.2 Å². The number of ether oxygens (including phenoxy) is 1. The third-order valence-electron chi connectivity index (χ3n) is 2.89. The second-order valence-electron chi connectivity index (χ2n) is 3.69. The van der Waals surface area contributed by atoms with Crippen LogP contribution in [-0.2, 0) is 4.74 Å². The van der Waals surface area contributed by atoms with E-state index < -0.39 is 0 Å². The molecule has 1 saturated heterocycles. The Labute approximate surface area is 83.4 Å². The smallest absolute Gasteiger partial charge is 0.122 e. The van der Waals surface area contributed by atoms with Crippen LogP contribution >= 0.6 is 0 Å². The lowest BCUT2D eigenvalue weighted by atomic mass is 9.92. The van der Waals surface area contributed by atoms with Crippen molar-refractivity contribution < 1.29 is 9.15 Å². The van der Waals surface area contributed by atoms with Crippen LogP contribution in [0.3, 0.4) is 0 Å². The second kappa shape index (κ2) is 4.13. The molecule has 1 aliphatic heterocycles. The summed E-state index contributed by atoms with van der Waals surface area (Å²) in [5.41, 5.74) is 2.80. The molecule has 1 aromatic rings. The first-order chi connectivity index (χ1) is 6.83. The van der Waals surface area contributed by atoms with Crippen molar-refractivity contribution >= 4 is 0 Å². The molecule has 78 valence electrons. The van der Waals surface area contributed by atoms with Crippen LogP contribution in [0.2, 0.25) is 0 Å². The molecule has 0 radical (unpaired) electrons. The molecule has 3 N–H and O–H groups in total. The first-order valence-corrected chi connectivity index (χ1v) is 4.94. The Balaban J connectivity index is 2.13. The molecule has 3 unspecified atom stereocenters. The van der Waals surface area contributed by atoms with Crippen LogP contribution in [0.5, 0.6) is 0 Å². The van der Waals surface area contributed by atoms with E-state index in [0.29, 0.717) is 5.92 Å². The SMILES string of the molecule is CC1OCCC1C(NN)c1ccco1. The van der Waals surface area contributed by atoms with Crippen molar-refractivity contribution in [3.8, 4) is 0 Å². The molecule has 4 nitrogen and oxygen atoms in total. The molecule has 1 aliphatic rings. The van der Waals surface area contributed by atoms with Gasteiger partial charge >= 0.3 is 0 Å². The average Bonchev–Trinajstić information content (AvgIpc) is 2.80. The van der Waals surface area contributed by atoms with Gasteiger partial charge in [0.25, 0.3) is 0 Å². The fraction of sp³-hybridized carbons (Fsp3) is 0.600. The summed E-state index contributed by atoms with van der Waals surface area (Å²) >= 11 is 0. The topological polar surface area (TPSA) is 60.4 Å². The lowest BCUT2D eigenvalue weighted by Gasteiger charge is -2.22. The van der Waals surface area contributed by atoms with E-state index in [1.54, 1.807) is 6.26 Å². The molecule has 3 atom stereocenters. The van der Waals surface area contributed by atoms with Crippen molar-refractivity contribution in [1.29, 1.82) is 0 Å². The maximum absolute atomic E-state index is 5.54. The summed E-state index contributed by atoms with van der Waals surface area (Å²) in [6, 6.07) is 3.87. The van der Waals surface area contributed by atoms with Gasteiger partial charge < -0.3 is 9.15 Å². The first-order valence-electron chi connectivity index (χ1n) is 4.94. The van der Waals surface area contributed by atoms with Crippen LogP contribution in [0.15, 0.2) is 22.8 Å². The van der Waals surface area contributed by atoms with Crippen LogP contribution in [0, 0.1) is 5.92 Å². The van der Waals surface area contributed by atoms with Gasteiger partial charge in [-0.15, -0.1) is 0 Å². The predicted octanol–water partition coefficient (Wildman–Crippen LogP) is 1.21. The van der Waals surface area contributed by atoms with Crippen molar-refractivity contribution in [2.45, 2.75) is 25.5 Å². The molecule has 14 heavy (non-hydrogen) atoms.